The van der Waals surface area contributed by atoms with Crippen molar-refractivity contribution < 1.29 is 18.4 Å². The van der Waals surface area contributed by atoms with Gasteiger partial charge in [0.15, 0.2) is 0 Å². The molecule has 0 heterocycles. The molecule has 0 aliphatic heterocycles. The van der Waals surface area contributed by atoms with E-state index < -0.39 is 20.5 Å². The van der Waals surface area contributed by atoms with Crippen LogP contribution in [0.1, 0.15) is 25.3 Å². The van der Waals surface area contributed by atoms with Crippen molar-refractivity contribution in [1.82, 2.24) is 4.72 Å². The predicted molar refractivity (Wildman–Crippen MR) is 76.4 cm³/mol. The van der Waals surface area contributed by atoms with Gasteiger partial charge in [-0.1, -0.05) is 6.07 Å². The molecule has 0 bridgehead atoms. The van der Waals surface area contributed by atoms with Crippen LogP contribution >= 0.6 is 0 Å². The molecule has 0 unspecified atom stereocenters. The largest absolute Gasteiger partial charge is 0.394 e. The minimum absolute atomic E-state index is 0.0890. The molecule has 0 aromatic heterocycles. The quantitative estimate of drug-likeness (QED) is 0.608. The molecule has 116 valence electrons. The molecular formula is C13H18N2O5S. The van der Waals surface area contributed by atoms with E-state index >= 15 is 0 Å². The lowest BCUT2D eigenvalue weighted by molar-refractivity contribution is -0.385. The number of nitrogens with one attached hydrogen (secondary N) is 1. The maximum atomic E-state index is 12.5. The normalized spacial score (nSPS) is 18.2. The predicted octanol–water partition coefficient (Wildman–Crippen LogP) is 1.34. The average molecular weight is 314 g/mol. The molecule has 1 atom stereocenters. The Morgan fingerprint density at radius 1 is 1.48 bits per heavy atom. The fourth-order valence-electron chi connectivity index (χ4n) is 2.42. The number of nitrogens with zero attached hydrogens (tertiary/aromatic N) is 1. The number of aliphatic hydroxyl groups is 1. The number of aliphatic hydroxyl groups excluding tert-OH is 1. The summed E-state index contributed by atoms with van der Waals surface area (Å²) in [4.78, 5) is 10.2. The number of sulfonamides is 1. The van der Waals surface area contributed by atoms with Crippen LogP contribution in [-0.4, -0.2) is 30.6 Å². The molecule has 0 radical (unpaired) electrons. The standard InChI is InChI=1S/C13H18N2O5S/c1-9-11(15(17)18)4-3-5-12(9)21(19,20)14-13(2,8-16)10-6-7-10/h3-5,10,14,16H,6-8H2,1-2H3/t13-/m1/s1. The van der Waals surface area contributed by atoms with E-state index in [2.05, 4.69) is 4.72 Å². The van der Waals surface area contributed by atoms with Crippen LogP contribution in [0.5, 0.6) is 0 Å². The second-order valence-corrected chi connectivity index (χ2v) is 7.26. The van der Waals surface area contributed by atoms with Gasteiger partial charge in [-0.15, -0.1) is 0 Å². The SMILES string of the molecule is Cc1c([N+](=O)[O-])cccc1S(=O)(=O)N[C@](C)(CO)C1CC1. The van der Waals surface area contributed by atoms with E-state index in [1.807, 2.05) is 0 Å². The lowest BCUT2D eigenvalue weighted by atomic mass is 9.99. The summed E-state index contributed by atoms with van der Waals surface area (Å²) in [6.07, 6.45) is 1.71. The highest BCUT2D eigenvalue weighted by Gasteiger charge is 2.44. The van der Waals surface area contributed by atoms with Crippen LogP contribution in [0.15, 0.2) is 23.1 Å². The van der Waals surface area contributed by atoms with Crippen molar-refractivity contribution in [2.24, 2.45) is 5.92 Å². The van der Waals surface area contributed by atoms with Crippen LogP contribution in [0.2, 0.25) is 0 Å². The highest BCUT2D eigenvalue weighted by molar-refractivity contribution is 7.89. The summed E-state index contributed by atoms with van der Waals surface area (Å²) in [5.41, 5.74) is -1.09. The molecule has 21 heavy (non-hydrogen) atoms. The third kappa shape index (κ3) is 3.07. The van der Waals surface area contributed by atoms with Crippen LogP contribution in [0.25, 0.3) is 0 Å². The smallest absolute Gasteiger partial charge is 0.273 e. The Labute approximate surface area is 123 Å². The van der Waals surface area contributed by atoms with E-state index in [4.69, 9.17) is 0 Å². The second-order valence-electron chi connectivity index (χ2n) is 5.61. The molecule has 1 aromatic carbocycles. The number of hydrogen-bond donors (Lipinski definition) is 2. The first-order valence-corrected chi connectivity index (χ1v) is 8.08. The summed E-state index contributed by atoms with van der Waals surface area (Å²) in [7, 11) is -3.94. The van der Waals surface area contributed by atoms with E-state index in [-0.39, 0.29) is 28.7 Å². The zero-order valence-electron chi connectivity index (χ0n) is 11.9. The molecule has 1 aliphatic carbocycles. The molecule has 2 N–H and O–H groups in total. The Morgan fingerprint density at radius 3 is 2.57 bits per heavy atom. The zero-order chi connectivity index (χ0) is 15.8. The van der Waals surface area contributed by atoms with Gasteiger partial charge in [-0.05, 0) is 38.7 Å². The van der Waals surface area contributed by atoms with Crippen molar-refractivity contribution in [3.63, 3.8) is 0 Å². The molecule has 7 nitrogen and oxygen atoms in total. The molecular weight excluding hydrogens is 296 g/mol. The Morgan fingerprint density at radius 2 is 2.10 bits per heavy atom. The summed E-state index contributed by atoms with van der Waals surface area (Å²) in [5, 5.41) is 20.4. The van der Waals surface area contributed by atoms with E-state index in [0.717, 1.165) is 12.8 Å². The Hall–Kier alpha value is -1.51. The monoisotopic (exact) mass is 314 g/mol. The van der Waals surface area contributed by atoms with Crippen LogP contribution in [0.4, 0.5) is 5.69 Å². The molecule has 0 spiro atoms. The van der Waals surface area contributed by atoms with Crippen molar-refractivity contribution in [2.75, 3.05) is 6.61 Å². The van der Waals surface area contributed by atoms with Crippen LogP contribution in [-0.2, 0) is 10.0 Å². The van der Waals surface area contributed by atoms with Gasteiger partial charge in [0.05, 0.1) is 22.0 Å². The maximum absolute atomic E-state index is 12.5. The van der Waals surface area contributed by atoms with Gasteiger partial charge in [0.1, 0.15) is 0 Å². The van der Waals surface area contributed by atoms with Crippen LogP contribution in [0, 0.1) is 23.0 Å². The lowest BCUT2D eigenvalue weighted by Gasteiger charge is -2.28. The van der Waals surface area contributed by atoms with Gasteiger partial charge in [-0.25, -0.2) is 13.1 Å². The minimum atomic E-state index is -3.94. The molecule has 1 aliphatic rings. The summed E-state index contributed by atoms with van der Waals surface area (Å²) >= 11 is 0. The number of rotatable bonds is 6. The fourth-order valence-corrected chi connectivity index (χ4v) is 4.14. The van der Waals surface area contributed by atoms with Crippen molar-refractivity contribution in [3.05, 3.63) is 33.9 Å². The van der Waals surface area contributed by atoms with Gasteiger partial charge in [0.2, 0.25) is 10.0 Å². The lowest BCUT2D eigenvalue weighted by Crippen LogP contribution is -2.50. The summed E-state index contributed by atoms with van der Waals surface area (Å²) in [5.74, 6) is 0.0938. The Kier molecular flexibility index (Phi) is 4.05. The number of benzene rings is 1. The van der Waals surface area contributed by atoms with Gasteiger partial charge >= 0.3 is 0 Å². The summed E-state index contributed by atoms with van der Waals surface area (Å²) in [6.45, 7) is 2.74. The first kappa shape index (κ1) is 15.9. The maximum Gasteiger partial charge on any atom is 0.273 e. The average Bonchev–Trinajstić information content (AvgIpc) is 3.22. The highest BCUT2D eigenvalue weighted by Crippen LogP contribution is 2.40. The molecule has 1 saturated carbocycles. The van der Waals surface area contributed by atoms with Crippen molar-refractivity contribution in [3.8, 4) is 0 Å². The third-order valence-corrected chi connectivity index (χ3v) is 5.67. The van der Waals surface area contributed by atoms with Gasteiger partial charge < -0.3 is 5.11 Å². The van der Waals surface area contributed by atoms with E-state index in [9.17, 15) is 23.6 Å². The topological polar surface area (TPSA) is 110 Å². The summed E-state index contributed by atoms with van der Waals surface area (Å²) < 4.78 is 27.5. The van der Waals surface area contributed by atoms with Crippen molar-refractivity contribution >= 4 is 15.7 Å². The minimum Gasteiger partial charge on any atom is -0.394 e. The van der Waals surface area contributed by atoms with Gasteiger partial charge in [0, 0.05) is 11.6 Å². The van der Waals surface area contributed by atoms with E-state index in [0.29, 0.717) is 0 Å². The highest BCUT2D eigenvalue weighted by atomic mass is 32.2. The molecule has 0 saturated heterocycles. The Balaban J connectivity index is 2.40. The Bertz CT molecular complexity index is 669. The molecule has 1 fully saturated rings. The molecule has 1 aromatic rings. The van der Waals surface area contributed by atoms with Crippen molar-refractivity contribution in [2.45, 2.75) is 37.1 Å². The molecule has 8 heteroatoms. The number of hydrogen-bond acceptors (Lipinski definition) is 5. The number of nitro benzene ring substituents is 1. The van der Waals surface area contributed by atoms with Crippen LogP contribution < -0.4 is 4.72 Å². The second kappa shape index (κ2) is 5.36. The zero-order valence-corrected chi connectivity index (χ0v) is 12.7. The van der Waals surface area contributed by atoms with Gasteiger partial charge in [0.25, 0.3) is 5.69 Å². The summed E-state index contributed by atoms with van der Waals surface area (Å²) in [6, 6.07) is 3.93. The molecule has 2 rings (SSSR count). The first-order valence-electron chi connectivity index (χ1n) is 6.60. The first-order chi connectivity index (χ1) is 9.71. The van der Waals surface area contributed by atoms with E-state index in [1.165, 1.54) is 25.1 Å². The van der Waals surface area contributed by atoms with Gasteiger partial charge in [-0.3, -0.25) is 10.1 Å². The fraction of sp³-hybridized carbons (Fsp3) is 0.538. The van der Waals surface area contributed by atoms with Crippen molar-refractivity contribution in [1.29, 1.82) is 0 Å². The third-order valence-electron chi connectivity index (χ3n) is 3.92. The van der Waals surface area contributed by atoms with Gasteiger partial charge in [-0.2, -0.15) is 0 Å². The number of nitro groups is 1. The molecule has 0 amide bonds. The van der Waals surface area contributed by atoms with E-state index in [1.54, 1.807) is 6.92 Å². The van der Waals surface area contributed by atoms with Crippen LogP contribution in [0.3, 0.4) is 0 Å².